The van der Waals surface area contributed by atoms with Crippen molar-refractivity contribution >= 4 is 49.9 Å². The molecular weight excluding hydrogens is 1120 g/mol. The molecule has 8 heteroatoms. The van der Waals surface area contributed by atoms with Crippen molar-refractivity contribution in [1.29, 1.82) is 0 Å². The highest BCUT2D eigenvalue weighted by Gasteiger charge is 2.27. The number of hydrogen-bond acceptors (Lipinski definition) is 3. The van der Waals surface area contributed by atoms with Crippen LogP contribution in [0.5, 0.6) is 11.5 Å². The van der Waals surface area contributed by atoms with E-state index in [1.807, 2.05) is 6.07 Å². The SMILES string of the molecule is Cc1cccc(C)c1-n1c(-n2c3cc(Oc4cccc(-n5[c-][n+](-c6c(-c7cc(-c8ccccc8)cc(-c8ccccc8)c7)cccc6-c6cc(-c7ccccc7)cc(-c7ccccc7)c6)c6ccccc65)c4)ccc3n3c4cccc(C)c4nc23)nc2ccccc21. The summed E-state index contributed by atoms with van der Waals surface area (Å²) >= 11 is 0. The average molecular weight is 1180 g/mol. The fourth-order valence-electron chi connectivity index (χ4n) is 13.6. The smallest absolute Gasteiger partial charge is 0.269 e. The number of aryl methyl sites for hydroxylation is 3. The number of rotatable bonds is 12. The van der Waals surface area contributed by atoms with Crippen LogP contribution in [0.3, 0.4) is 0 Å². The van der Waals surface area contributed by atoms with Crippen molar-refractivity contribution < 1.29 is 9.30 Å². The van der Waals surface area contributed by atoms with E-state index in [-0.39, 0.29) is 0 Å². The zero-order valence-corrected chi connectivity index (χ0v) is 50.9. The molecule has 0 unspecified atom stereocenters. The fraction of sp³-hybridized carbons (Fsp3) is 0.0357. The average Bonchev–Trinajstić information content (AvgIpc) is 1.55. The summed E-state index contributed by atoms with van der Waals surface area (Å²) in [4.78, 5) is 10.9. The predicted molar refractivity (Wildman–Crippen MR) is 375 cm³/mol. The Morgan fingerprint density at radius 1 is 0.348 bits per heavy atom. The number of hydrogen-bond donors (Lipinski definition) is 0. The lowest BCUT2D eigenvalue weighted by Gasteiger charge is -2.20. The monoisotopic (exact) mass is 1180 g/mol. The van der Waals surface area contributed by atoms with Gasteiger partial charge >= 0.3 is 0 Å². The van der Waals surface area contributed by atoms with Gasteiger partial charge in [0.2, 0.25) is 11.7 Å². The van der Waals surface area contributed by atoms with Crippen LogP contribution >= 0.6 is 0 Å². The molecule has 13 aromatic carbocycles. The first kappa shape index (κ1) is 54.1. The molecule has 0 bridgehead atoms. The molecule has 4 aromatic heterocycles. The molecule has 92 heavy (non-hydrogen) atoms. The van der Waals surface area contributed by atoms with E-state index in [0.717, 1.165) is 156 Å². The highest BCUT2D eigenvalue weighted by molar-refractivity contribution is 5.95. The Bertz CT molecular complexity index is 5420. The third kappa shape index (κ3) is 9.26. The molecule has 0 amide bonds. The largest absolute Gasteiger partial charge is 0.458 e. The molecule has 0 spiro atoms. The van der Waals surface area contributed by atoms with E-state index < -0.39 is 0 Å². The second-order valence-corrected chi connectivity index (χ2v) is 23.8. The summed E-state index contributed by atoms with van der Waals surface area (Å²) in [6.07, 6.45) is 3.99. The molecule has 0 atom stereocenters. The molecule has 0 aliphatic carbocycles. The minimum atomic E-state index is 0.669. The molecule has 0 aliphatic heterocycles. The molecule has 17 rings (SSSR count). The van der Waals surface area contributed by atoms with Crippen molar-refractivity contribution in [3.8, 4) is 101 Å². The summed E-state index contributed by atoms with van der Waals surface area (Å²) in [6, 6.07) is 108. The third-order valence-electron chi connectivity index (χ3n) is 18.0. The van der Waals surface area contributed by atoms with Crippen LogP contribution in [0.4, 0.5) is 0 Å². The topological polar surface area (TPSA) is 58.1 Å². The Morgan fingerprint density at radius 2 is 0.837 bits per heavy atom. The molecule has 4 heterocycles. The lowest BCUT2D eigenvalue weighted by atomic mass is 9.89. The number of fused-ring (bicyclic) bond motifs is 7. The van der Waals surface area contributed by atoms with E-state index in [1.54, 1.807) is 0 Å². The van der Waals surface area contributed by atoms with E-state index >= 15 is 0 Å². The Balaban J connectivity index is 0.846. The molecule has 8 nitrogen and oxygen atoms in total. The number of para-hydroxylation sites is 7. The van der Waals surface area contributed by atoms with Crippen molar-refractivity contribution in [1.82, 2.24) is 28.1 Å². The lowest BCUT2D eigenvalue weighted by molar-refractivity contribution is -0.571. The first-order valence-corrected chi connectivity index (χ1v) is 31.2. The van der Waals surface area contributed by atoms with Crippen molar-refractivity contribution in [2.45, 2.75) is 20.8 Å². The Morgan fingerprint density at radius 3 is 1.45 bits per heavy atom. The van der Waals surface area contributed by atoms with Gasteiger partial charge in [0, 0.05) is 6.07 Å². The highest BCUT2D eigenvalue weighted by Crippen LogP contribution is 2.43. The van der Waals surface area contributed by atoms with E-state index in [9.17, 15) is 0 Å². The van der Waals surface area contributed by atoms with Crippen molar-refractivity contribution in [3.63, 3.8) is 0 Å². The molecule has 436 valence electrons. The molecule has 0 saturated carbocycles. The van der Waals surface area contributed by atoms with Crippen LogP contribution in [0.1, 0.15) is 16.7 Å². The summed E-state index contributed by atoms with van der Waals surface area (Å²) in [6.45, 7) is 6.46. The van der Waals surface area contributed by atoms with Gasteiger partial charge in [-0.15, -0.1) is 0 Å². The minimum absolute atomic E-state index is 0.669. The normalized spacial score (nSPS) is 11.6. The zero-order valence-electron chi connectivity index (χ0n) is 50.9. The quantitative estimate of drug-likeness (QED) is 0.0905. The maximum atomic E-state index is 7.07. The van der Waals surface area contributed by atoms with E-state index in [4.69, 9.17) is 14.7 Å². The van der Waals surface area contributed by atoms with Gasteiger partial charge in [0.1, 0.15) is 11.5 Å². The predicted octanol–water partition coefficient (Wildman–Crippen LogP) is 20.5. The summed E-state index contributed by atoms with van der Waals surface area (Å²) in [5.41, 5.74) is 27.5. The van der Waals surface area contributed by atoms with Gasteiger partial charge in [-0.25, -0.2) is 14.5 Å². The van der Waals surface area contributed by atoms with E-state index in [1.165, 1.54) is 0 Å². The summed E-state index contributed by atoms with van der Waals surface area (Å²) < 4.78 is 18.3. The summed E-state index contributed by atoms with van der Waals surface area (Å²) in [5.74, 6) is 2.84. The van der Waals surface area contributed by atoms with Crippen molar-refractivity contribution in [3.05, 3.63) is 326 Å². The molecule has 17 aromatic rings. The van der Waals surface area contributed by atoms with Gasteiger partial charge in [-0.3, -0.25) is 18.1 Å². The van der Waals surface area contributed by atoms with Crippen LogP contribution < -0.4 is 9.30 Å². The van der Waals surface area contributed by atoms with Gasteiger partial charge in [-0.2, -0.15) is 0 Å². The molecule has 0 radical (unpaired) electrons. The lowest BCUT2D eigenvalue weighted by Crippen LogP contribution is -2.31. The first-order valence-electron chi connectivity index (χ1n) is 31.2. The summed E-state index contributed by atoms with van der Waals surface area (Å²) in [7, 11) is 0. The van der Waals surface area contributed by atoms with Crippen LogP contribution in [0, 0.1) is 27.1 Å². The molecule has 0 N–H and O–H groups in total. The van der Waals surface area contributed by atoms with Crippen LogP contribution in [0.15, 0.2) is 303 Å². The molecule has 0 aliphatic rings. The Hall–Kier alpha value is -12.1. The highest BCUT2D eigenvalue weighted by atomic mass is 16.5. The number of ether oxygens (including phenoxy) is 1. The Kier molecular flexibility index (Phi) is 13.0. The number of nitrogens with zero attached hydrogens (tertiary/aromatic N) is 7. The standard InChI is InChI=1S/C84H59N7O/c1-55-24-21-43-78-80(55)86-84-89(78)77-45-44-70(53-79(77)91(84)83-85-73-39-16-17-40-74(73)90(83)81-56(2)25-20-26-57(81)3)92-69-36-22-35-68(52-69)87-54-88(76-42-19-18-41-75(76)87)82-71(66-48-62(58-27-8-4-9-28-58)46-63(49-66)59-29-10-5-11-30-59)37-23-38-72(82)67-50-64(60-31-12-6-13-32-60)47-65(51-67)61-33-14-7-15-34-61/h4-53H,1-3H3. The molecule has 0 fully saturated rings. The van der Waals surface area contributed by atoms with Crippen LogP contribution in [0.25, 0.3) is 140 Å². The van der Waals surface area contributed by atoms with Crippen molar-refractivity contribution in [2.75, 3.05) is 0 Å². The summed E-state index contributed by atoms with van der Waals surface area (Å²) in [5, 5.41) is 0. The van der Waals surface area contributed by atoms with Gasteiger partial charge in [0.25, 0.3) is 6.33 Å². The van der Waals surface area contributed by atoms with Crippen LogP contribution in [0.2, 0.25) is 0 Å². The second-order valence-electron chi connectivity index (χ2n) is 23.8. The van der Waals surface area contributed by atoms with Crippen molar-refractivity contribution in [2.24, 2.45) is 0 Å². The third-order valence-corrected chi connectivity index (χ3v) is 18.0. The second kappa shape index (κ2) is 22.2. The zero-order chi connectivity index (χ0) is 61.4. The van der Waals surface area contributed by atoms with Gasteiger partial charge < -0.3 is 4.74 Å². The number of benzene rings is 13. The Labute approximate surface area is 532 Å². The first-order chi connectivity index (χ1) is 45.3. The van der Waals surface area contributed by atoms with Gasteiger partial charge in [-0.05, 0) is 189 Å². The minimum Gasteiger partial charge on any atom is -0.458 e. The fourth-order valence-corrected chi connectivity index (χ4v) is 13.6. The van der Waals surface area contributed by atoms with Crippen LogP contribution in [-0.2, 0) is 0 Å². The van der Waals surface area contributed by atoms with Gasteiger partial charge in [-0.1, -0.05) is 212 Å². The number of aromatic nitrogens is 7. The molecular formula is C84H59N7O. The number of imidazole rings is 4. The maximum Gasteiger partial charge on any atom is 0.269 e. The van der Waals surface area contributed by atoms with Crippen LogP contribution in [-0.4, -0.2) is 28.1 Å². The van der Waals surface area contributed by atoms with E-state index in [2.05, 4.69) is 347 Å². The molecule has 0 saturated heterocycles. The maximum absolute atomic E-state index is 7.07. The van der Waals surface area contributed by atoms with E-state index in [0.29, 0.717) is 11.5 Å². The van der Waals surface area contributed by atoms with Gasteiger partial charge in [0.05, 0.1) is 61.2 Å². The van der Waals surface area contributed by atoms with Gasteiger partial charge in [0.15, 0.2) is 0 Å².